The number of nitrogens with one attached hydrogen (secondary N) is 2. The highest BCUT2D eigenvalue weighted by atomic mass is 19.1. The van der Waals surface area contributed by atoms with Gasteiger partial charge in [-0.05, 0) is 43.0 Å². The molecule has 0 radical (unpaired) electrons. The minimum Gasteiger partial charge on any atom is -0.507 e. The molecule has 1 heterocycles. The van der Waals surface area contributed by atoms with Gasteiger partial charge in [-0.3, -0.25) is 15.0 Å². The number of fused-ring (bicyclic) bond motifs is 1. The molecule has 0 aliphatic carbocycles. The summed E-state index contributed by atoms with van der Waals surface area (Å²) < 4.78 is 26.4. The van der Waals surface area contributed by atoms with E-state index in [-0.39, 0.29) is 73.6 Å². The van der Waals surface area contributed by atoms with Crippen LogP contribution in [0.3, 0.4) is 0 Å². The zero-order valence-corrected chi connectivity index (χ0v) is 22.5. The van der Waals surface area contributed by atoms with Crippen molar-refractivity contribution >= 4 is 17.6 Å². The number of halogens is 1. The second-order valence-corrected chi connectivity index (χ2v) is 10.1. The van der Waals surface area contributed by atoms with E-state index in [1.54, 1.807) is 32.0 Å². The van der Waals surface area contributed by atoms with Crippen LogP contribution in [0.25, 0.3) is 0 Å². The van der Waals surface area contributed by atoms with Crippen molar-refractivity contribution in [2.75, 3.05) is 26.3 Å². The number of carbonyl (C=O) groups excluding carboxylic acids is 1. The lowest BCUT2D eigenvalue weighted by molar-refractivity contribution is -0.136. The van der Waals surface area contributed by atoms with E-state index in [9.17, 15) is 14.7 Å². The Morgan fingerprint density at radius 3 is 2.45 bits per heavy atom. The van der Waals surface area contributed by atoms with Crippen LogP contribution in [-0.2, 0) is 23.3 Å². The third-order valence-corrected chi connectivity index (χ3v) is 6.26. The quantitative estimate of drug-likeness (QED) is 0.237. The van der Waals surface area contributed by atoms with E-state index in [0.29, 0.717) is 28.9 Å². The Morgan fingerprint density at radius 1 is 1.16 bits per heavy atom. The number of hydrogen-bond donors (Lipinski definition) is 4. The fourth-order valence-electron chi connectivity index (χ4n) is 4.40. The fraction of sp³-hybridized carbons (Fsp3) is 0.464. The summed E-state index contributed by atoms with van der Waals surface area (Å²) in [6, 6.07) is 4.88. The number of aliphatic carboxylic acids is 1. The number of carbonyl (C=O) groups is 2. The maximum atomic E-state index is 15.4. The van der Waals surface area contributed by atoms with Crippen LogP contribution in [0.5, 0.6) is 17.2 Å². The zero-order valence-electron chi connectivity index (χ0n) is 22.5. The lowest BCUT2D eigenvalue weighted by Gasteiger charge is -2.24. The minimum atomic E-state index is -0.937. The second-order valence-electron chi connectivity index (χ2n) is 10.1. The number of ketones is 1. The van der Waals surface area contributed by atoms with E-state index in [0.717, 1.165) is 0 Å². The maximum absolute atomic E-state index is 15.4. The molecule has 9 nitrogen and oxygen atoms in total. The number of ether oxygens (including phenoxy) is 2. The lowest BCUT2D eigenvalue weighted by atomic mass is 9.83. The normalized spacial score (nSPS) is 13.0. The molecule has 0 spiro atoms. The number of rotatable bonds is 12. The van der Waals surface area contributed by atoms with Gasteiger partial charge in [0.15, 0.2) is 23.1 Å². The summed E-state index contributed by atoms with van der Waals surface area (Å²) in [5, 5.41) is 31.3. The molecule has 0 atom stereocenters. The molecule has 0 saturated heterocycles. The molecule has 4 N–H and O–H groups in total. The van der Waals surface area contributed by atoms with Gasteiger partial charge >= 0.3 is 5.97 Å². The van der Waals surface area contributed by atoms with Crippen molar-refractivity contribution in [1.82, 2.24) is 10.2 Å². The molecule has 1 aliphatic rings. The third kappa shape index (κ3) is 6.24. The topological polar surface area (TPSA) is 132 Å². The molecule has 38 heavy (non-hydrogen) atoms. The molecule has 3 rings (SSSR count). The Balaban J connectivity index is 1.88. The maximum Gasteiger partial charge on any atom is 0.304 e. The predicted octanol–water partition coefficient (Wildman–Crippen LogP) is 4.21. The van der Waals surface area contributed by atoms with Gasteiger partial charge in [0.1, 0.15) is 11.6 Å². The molecule has 0 fully saturated rings. The number of benzene rings is 2. The molecule has 0 amide bonds. The van der Waals surface area contributed by atoms with Crippen LogP contribution in [0.4, 0.5) is 4.39 Å². The van der Waals surface area contributed by atoms with Gasteiger partial charge in [0.05, 0.1) is 31.7 Å². The number of Topliss-reactive ketones (excluding diaryl/α,β-unsaturated/α-hetero) is 1. The third-order valence-electron chi connectivity index (χ3n) is 6.26. The van der Waals surface area contributed by atoms with Gasteiger partial charge in [-0.15, -0.1) is 0 Å². The van der Waals surface area contributed by atoms with Crippen LogP contribution in [0, 0.1) is 11.2 Å². The number of phenolic OH excluding ortho intramolecular Hbond substituents is 1. The van der Waals surface area contributed by atoms with Crippen LogP contribution >= 0.6 is 0 Å². The highest BCUT2D eigenvalue weighted by molar-refractivity contribution is 6.06. The standard InChI is InChI=1S/C28H36FN3O6/c1-6-37-21-12-18-14-32(27(30)23(18)24(29)26(21)38-7-2)15-20(33)16-10-17(13-31-9-8-22(34)35)25(36)19(11-16)28(3,4)5/h10-12,30-31,36H,6-9,13-15H2,1-5H3,(H,34,35). The first-order valence-corrected chi connectivity index (χ1v) is 12.7. The average molecular weight is 530 g/mol. The summed E-state index contributed by atoms with van der Waals surface area (Å²) in [6.07, 6.45) is -0.0737. The Hall–Kier alpha value is -3.66. The van der Waals surface area contributed by atoms with E-state index >= 15 is 4.39 Å². The Bertz CT molecular complexity index is 1240. The number of nitrogens with zero attached hydrogens (tertiary/aromatic N) is 1. The number of carboxylic acid groups (broad SMARTS) is 1. The molecule has 0 saturated carbocycles. The smallest absolute Gasteiger partial charge is 0.304 e. The van der Waals surface area contributed by atoms with Crippen LogP contribution in [-0.4, -0.2) is 59.0 Å². The van der Waals surface area contributed by atoms with Gasteiger partial charge in [-0.2, -0.15) is 0 Å². The highest BCUT2D eigenvalue weighted by Gasteiger charge is 2.33. The van der Waals surface area contributed by atoms with E-state index in [2.05, 4.69) is 5.32 Å². The van der Waals surface area contributed by atoms with Crippen LogP contribution in [0.2, 0.25) is 0 Å². The monoisotopic (exact) mass is 529 g/mol. The van der Waals surface area contributed by atoms with Crippen molar-refractivity contribution in [2.24, 2.45) is 0 Å². The summed E-state index contributed by atoms with van der Waals surface area (Å²) in [4.78, 5) is 25.7. The van der Waals surface area contributed by atoms with Gasteiger partial charge in [0, 0.05) is 36.3 Å². The number of amidine groups is 1. The first kappa shape index (κ1) is 28.9. The predicted molar refractivity (Wildman–Crippen MR) is 141 cm³/mol. The Morgan fingerprint density at radius 2 is 1.84 bits per heavy atom. The van der Waals surface area contributed by atoms with E-state index < -0.39 is 17.2 Å². The first-order chi connectivity index (χ1) is 17.9. The highest BCUT2D eigenvalue weighted by Crippen LogP contribution is 2.39. The molecule has 2 aromatic rings. The summed E-state index contributed by atoms with van der Waals surface area (Å²) in [7, 11) is 0. The van der Waals surface area contributed by atoms with Crippen LogP contribution < -0.4 is 14.8 Å². The summed E-state index contributed by atoms with van der Waals surface area (Å²) in [6.45, 7) is 10.2. The number of aromatic hydroxyl groups is 1. The van der Waals surface area contributed by atoms with Crippen molar-refractivity contribution in [3.63, 3.8) is 0 Å². The molecular formula is C28H36FN3O6. The molecule has 206 valence electrons. The Kier molecular flexibility index (Phi) is 8.98. The average Bonchev–Trinajstić information content (AvgIpc) is 3.14. The van der Waals surface area contributed by atoms with Crippen molar-refractivity contribution in [3.05, 3.63) is 51.8 Å². The van der Waals surface area contributed by atoms with Gasteiger partial charge in [0.2, 0.25) is 0 Å². The Labute approximate surface area is 222 Å². The first-order valence-electron chi connectivity index (χ1n) is 12.7. The second kappa shape index (κ2) is 11.8. The van der Waals surface area contributed by atoms with E-state index in [1.807, 2.05) is 20.8 Å². The minimum absolute atomic E-state index is 0.0422. The van der Waals surface area contributed by atoms with Gasteiger partial charge in [0.25, 0.3) is 0 Å². The molecule has 1 aliphatic heterocycles. The van der Waals surface area contributed by atoms with Crippen LogP contribution in [0.1, 0.15) is 73.7 Å². The van der Waals surface area contributed by atoms with Crippen LogP contribution in [0.15, 0.2) is 18.2 Å². The SMILES string of the molecule is CCOc1cc2c(c(F)c1OCC)C(=N)N(CC(=O)c1cc(CNCCC(=O)O)c(O)c(C(C)(C)C)c1)C2. The molecule has 0 unspecified atom stereocenters. The fourth-order valence-corrected chi connectivity index (χ4v) is 4.40. The molecule has 2 aromatic carbocycles. The molecule has 0 aromatic heterocycles. The van der Waals surface area contributed by atoms with Gasteiger partial charge in [-0.25, -0.2) is 4.39 Å². The van der Waals surface area contributed by atoms with E-state index in [1.165, 1.54) is 4.90 Å². The van der Waals surface area contributed by atoms with Crippen molar-refractivity contribution < 1.29 is 33.7 Å². The van der Waals surface area contributed by atoms with Gasteiger partial charge < -0.3 is 29.9 Å². The van der Waals surface area contributed by atoms with Crippen molar-refractivity contribution in [2.45, 2.75) is 59.5 Å². The van der Waals surface area contributed by atoms with Crippen molar-refractivity contribution in [3.8, 4) is 17.2 Å². The summed E-state index contributed by atoms with van der Waals surface area (Å²) in [5.74, 6) is -1.75. The number of carboxylic acids is 1. The zero-order chi connectivity index (χ0) is 28.2. The van der Waals surface area contributed by atoms with Crippen molar-refractivity contribution in [1.29, 1.82) is 5.41 Å². The number of phenols is 1. The lowest BCUT2D eigenvalue weighted by Crippen LogP contribution is -2.31. The molecule has 10 heteroatoms. The largest absolute Gasteiger partial charge is 0.507 e. The molecule has 0 bridgehead atoms. The van der Waals surface area contributed by atoms with Gasteiger partial charge in [-0.1, -0.05) is 20.8 Å². The summed E-state index contributed by atoms with van der Waals surface area (Å²) >= 11 is 0. The van der Waals surface area contributed by atoms with E-state index in [4.69, 9.17) is 20.0 Å². The number of hydrogen-bond acceptors (Lipinski definition) is 7. The summed E-state index contributed by atoms with van der Waals surface area (Å²) in [5.41, 5.74) is 1.55. The molecular weight excluding hydrogens is 493 g/mol.